The topological polar surface area (TPSA) is 35.2 Å². The summed E-state index contributed by atoms with van der Waals surface area (Å²) in [6, 6.07) is 8.67. The van der Waals surface area contributed by atoms with Gasteiger partial charge in [-0.1, -0.05) is 38.1 Å². The smallest absolute Gasteiger partial charge is 0.0489 e. The first kappa shape index (κ1) is 13.6. The third-order valence-electron chi connectivity index (χ3n) is 3.75. The predicted molar refractivity (Wildman–Crippen MR) is 75.7 cm³/mol. The Morgan fingerprint density at radius 3 is 2.72 bits per heavy atom. The van der Waals surface area contributed by atoms with Crippen LogP contribution in [0, 0.1) is 5.92 Å². The van der Waals surface area contributed by atoms with Crippen molar-refractivity contribution in [1.82, 2.24) is 0 Å². The summed E-state index contributed by atoms with van der Waals surface area (Å²) in [5, 5.41) is 0. The molecule has 2 N–H and O–H groups in total. The van der Waals surface area contributed by atoms with Crippen molar-refractivity contribution in [2.75, 3.05) is 13.2 Å². The summed E-state index contributed by atoms with van der Waals surface area (Å²) in [7, 11) is 0. The lowest BCUT2D eigenvalue weighted by Gasteiger charge is -2.34. The third kappa shape index (κ3) is 3.56. The number of hydrogen-bond acceptors (Lipinski definition) is 2. The maximum Gasteiger partial charge on any atom is 0.0489 e. The SMILES string of the molecule is CC(C)COCCC1(N)CCc2ccccc2C1. The molecule has 0 spiro atoms. The first-order valence-corrected chi connectivity index (χ1v) is 7.02. The predicted octanol–water partition coefficient (Wildman–Crippen LogP) is 2.94. The van der Waals surface area contributed by atoms with E-state index in [0.29, 0.717) is 5.92 Å². The van der Waals surface area contributed by atoms with Gasteiger partial charge in [0.2, 0.25) is 0 Å². The van der Waals surface area contributed by atoms with Crippen LogP contribution in [0.4, 0.5) is 0 Å². The minimum Gasteiger partial charge on any atom is -0.381 e. The first-order chi connectivity index (χ1) is 8.59. The van der Waals surface area contributed by atoms with Gasteiger partial charge in [0.1, 0.15) is 0 Å². The first-order valence-electron chi connectivity index (χ1n) is 7.02. The highest BCUT2D eigenvalue weighted by Gasteiger charge is 2.29. The Morgan fingerprint density at radius 2 is 2.00 bits per heavy atom. The normalized spacial score (nSPS) is 23.1. The van der Waals surface area contributed by atoms with Crippen LogP contribution in [0.3, 0.4) is 0 Å². The molecule has 18 heavy (non-hydrogen) atoms. The van der Waals surface area contributed by atoms with E-state index in [1.165, 1.54) is 11.1 Å². The van der Waals surface area contributed by atoms with E-state index in [1.807, 2.05) is 0 Å². The minimum atomic E-state index is -0.0642. The van der Waals surface area contributed by atoms with Gasteiger partial charge in [-0.3, -0.25) is 0 Å². The molecule has 2 heteroatoms. The molecule has 1 aromatic carbocycles. The lowest BCUT2D eigenvalue weighted by Crippen LogP contribution is -2.46. The summed E-state index contributed by atoms with van der Waals surface area (Å²) in [6.45, 7) is 5.98. The van der Waals surface area contributed by atoms with Crippen LogP contribution in [0.2, 0.25) is 0 Å². The molecule has 0 radical (unpaired) electrons. The fourth-order valence-electron chi connectivity index (χ4n) is 2.63. The molecule has 1 atom stereocenters. The molecule has 0 aliphatic heterocycles. The summed E-state index contributed by atoms with van der Waals surface area (Å²) in [5.74, 6) is 0.603. The molecule has 0 heterocycles. The Balaban J connectivity index is 1.86. The summed E-state index contributed by atoms with van der Waals surface area (Å²) in [4.78, 5) is 0. The lowest BCUT2D eigenvalue weighted by atomic mass is 9.77. The van der Waals surface area contributed by atoms with Crippen molar-refractivity contribution in [3.05, 3.63) is 35.4 Å². The van der Waals surface area contributed by atoms with E-state index in [2.05, 4.69) is 38.1 Å². The molecule has 1 unspecified atom stereocenters. The average molecular weight is 247 g/mol. The number of fused-ring (bicyclic) bond motifs is 1. The number of ether oxygens (including phenoxy) is 1. The standard InChI is InChI=1S/C16H25NO/c1-13(2)12-18-10-9-16(17)8-7-14-5-3-4-6-15(14)11-16/h3-6,13H,7-12,17H2,1-2H3. The number of nitrogens with two attached hydrogens (primary N) is 1. The van der Waals surface area contributed by atoms with E-state index in [4.69, 9.17) is 10.5 Å². The minimum absolute atomic E-state index is 0.0642. The van der Waals surface area contributed by atoms with Crippen LogP contribution < -0.4 is 5.73 Å². The molecular weight excluding hydrogens is 222 g/mol. The van der Waals surface area contributed by atoms with Crippen molar-refractivity contribution in [3.8, 4) is 0 Å². The molecule has 0 amide bonds. The fraction of sp³-hybridized carbons (Fsp3) is 0.625. The summed E-state index contributed by atoms with van der Waals surface area (Å²) >= 11 is 0. The average Bonchev–Trinajstić information content (AvgIpc) is 2.34. The maximum atomic E-state index is 6.51. The number of benzene rings is 1. The van der Waals surface area contributed by atoms with E-state index >= 15 is 0 Å². The van der Waals surface area contributed by atoms with E-state index < -0.39 is 0 Å². The Kier molecular flexibility index (Phi) is 4.41. The third-order valence-corrected chi connectivity index (χ3v) is 3.75. The van der Waals surface area contributed by atoms with Crippen molar-refractivity contribution in [2.45, 2.75) is 45.1 Å². The van der Waals surface area contributed by atoms with Crippen LogP contribution in [-0.2, 0) is 17.6 Å². The van der Waals surface area contributed by atoms with Crippen LogP contribution in [0.1, 0.15) is 37.8 Å². The van der Waals surface area contributed by atoms with Crippen LogP contribution in [0.25, 0.3) is 0 Å². The van der Waals surface area contributed by atoms with E-state index in [9.17, 15) is 0 Å². The Hall–Kier alpha value is -0.860. The Morgan fingerprint density at radius 1 is 1.28 bits per heavy atom. The molecule has 0 bridgehead atoms. The van der Waals surface area contributed by atoms with Crippen molar-refractivity contribution in [3.63, 3.8) is 0 Å². The largest absolute Gasteiger partial charge is 0.381 e. The highest BCUT2D eigenvalue weighted by atomic mass is 16.5. The molecule has 2 nitrogen and oxygen atoms in total. The van der Waals surface area contributed by atoms with Crippen molar-refractivity contribution < 1.29 is 4.74 Å². The second kappa shape index (κ2) is 5.85. The zero-order valence-electron chi connectivity index (χ0n) is 11.6. The summed E-state index contributed by atoms with van der Waals surface area (Å²) in [5.41, 5.74) is 9.35. The van der Waals surface area contributed by atoms with Gasteiger partial charge in [0.05, 0.1) is 0 Å². The number of rotatable bonds is 5. The second-order valence-electron chi connectivity index (χ2n) is 6.03. The van der Waals surface area contributed by atoms with Gasteiger partial charge in [-0.2, -0.15) is 0 Å². The van der Waals surface area contributed by atoms with E-state index in [0.717, 1.165) is 38.9 Å². The lowest BCUT2D eigenvalue weighted by molar-refractivity contribution is 0.0907. The Bertz CT molecular complexity index is 388. The molecule has 100 valence electrons. The maximum absolute atomic E-state index is 6.51. The van der Waals surface area contributed by atoms with Crippen LogP contribution in [0.5, 0.6) is 0 Å². The van der Waals surface area contributed by atoms with Gasteiger partial charge in [0.25, 0.3) is 0 Å². The molecule has 1 aromatic rings. The molecule has 0 saturated carbocycles. The van der Waals surface area contributed by atoms with Gasteiger partial charge >= 0.3 is 0 Å². The number of hydrogen-bond donors (Lipinski definition) is 1. The van der Waals surface area contributed by atoms with Gasteiger partial charge in [0.15, 0.2) is 0 Å². The van der Waals surface area contributed by atoms with Crippen LogP contribution in [0.15, 0.2) is 24.3 Å². The monoisotopic (exact) mass is 247 g/mol. The van der Waals surface area contributed by atoms with Gasteiger partial charge in [-0.15, -0.1) is 0 Å². The number of aryl methyl sites for hydroxylation is 1. The second-order valence-corrected chi connectivity index (χ2v) is 6.03. The molecule has 0 fully saturated rings. The Labute approximate surface area is 111 Å². The highest BCUT2D eigenvalue weighted by molar-refractivity contribution is 5.32. The van der Waals surface area contributed by atoms with Gasteiger partial charge in [0, 0.05) is 18.8 Å². The quantitative estimate of drug-likeness (QED) is 0.812. The summed E-state index contributed by atoms with van der Waals surface area (Å²) < 4.78 is 5.67. The van der Waals surface area contributed by atoms with E-state index in [-0.39, 0.29) is 5.54 Å². The summed E-state index contributed by atoms with van der Waals surface area (Å²) in [6.07, 6.45) is 4.15. The molecule has 0 aromatic heterocycles. The zero-order valence-corrected chi connectivity index (χ0v) is 11.6. The van der Waals surface area contributed by atoms with Crippen LogP contribution in [-0.4, -0.2) is 18.8 Å². The highest BCUT2D eigenvalue weighted by Crippen LogP contribution is 2.29. The van der Waals surface area contributed by atoms with E-state index in [1.54, 1.807) is 0 Å². The van der Waals surface area contributed by atoms with Crippen molar-refractivity contribution in [1.29, 1.82) is 0 Å². The molecular formula is C16H25NO. The van der Waals surface area contributed by atoms with Gasteiger partial charge in [-0.05, 0) is 42.7 Å². The van der Waals surface area contributed by atoms with Crippen molar-refractivity contribution >= 4 is 0 Å². The van der Waals surface area contributed by atoms with Crippen LogP contribution >= 0.6 is 0 Å². The molecule has 2 rings (SSSR count). The van der Waals surface area contributed by atoms with Gasteiger partial charge in [-0.25, -0.2) is 0 Å². The zero-order chi connectivity index (χ0) is 13.0. The molecule has 0 saturated heterocycles. The van der Waals surface area contributed by atoms with Gasteiger partial charge < -0.3 is 10.5 Å². The fourth-order valence-corrected chi connectivity index (χ4v) is 2.63. The van der Waals surface area contributed by atoms with Crippen molar-refractivity contribution in [2.24, 2.45) is 11.7 Å². The molecule has 1 aliphatic carbocycles. The molecule has 1 aliphatic rings.